The summed E-state index contributed by atoms with van der Waals surface area (Å²) in [7, 11) is 1.20. The van der Waals surface area contributed by atoms with Gasteiger partial charge in [0, 0.05) is 21.6 Å². The summed E-state index contributed by atoms with van der Waals surface area (Å²) < 4.78 is 17.6. The molecule has 1 amide bonds. The minimum absolute atomic E-state index is 0.0348. The monoisotopic (exact) mass is 528 g/mol. The van der Waals surface area contributed by atoms with Gasteiger partial charge in [0.1, 0.15) is 17.9 Å². The Balaban J connectivity index is 1.93. The molecule has 9 heteroatoms. The van der Waals surface area contributed by atoms with E-state index in [9.17, 15) is 14.4 Å². The van der Waals surface area contributed by atoms with E-state index in [1.54, 1.807) is 39.0 Å². The van der Waals surface area contributed by atoms with Crippen LogP contribution in [0.4, 0.5) is 9.59 Å². The average molecular weight is 529 g/mol. The Morgan fingerprint density at radius 2 is 1.79 bits per heavy atom. The Morgan fingerprint density at radius 3 is 2.44 bits per heavy atom. The SMILES string of the molecule is COC(=O)/C(=C\c1cn(C(=O)OC(C)(C)C)c2cc(Br)ccc12)NC(=O)OCc1ccccc1. The minimum atomic E-state index is -0.820. The van der Waals surface area contributed by atoms with Crippen LogP contribution in [0.1, 0.15) is 31.9 Å². The Kier molecular flexibility index (Phi) is 7.78. The van der Waals surface area contributed by atoms with E-state index in [0.29, 0.717) is 16.5 Å². The molecular formula is C25H25BrN2O6. The molecule has 0 aliphatic heterocycles. The molecule has 3 rings (SSSR count). The van der Waals surface area contributed by atoms with Crippen LogP contribution in [0.2, 0.25) is 0 Å². The molecule has 0 atom stereocenters. The molecule has 0 fully saturated rings. The maximum Gasteiger partial charge on any atom is 0.419 e. The van der Waals surface area contributed by atoms with Gasteiger partial charge in [-0.1, -0.05) is 52.3 Å². The van der Waals surface area contributed by atoms with Crippen molar-refractivity contribution in [1.29, 1.82) is 0 Å². The zero-order valence-electron chi connectivity index (χ0n) is 19.3. The van der Waals surface area contributed by atoms with Crippen LogP contribution >= 0.6 is 15.9 Å². The number of halogens is 1. The number of fused-ring (bicyclic) bond motifs is 1. The molecule has 2 aromatic carbocycles. The van der Waals surface area contributed by atoms with Crippen LogP contribution in [0.3, 0.4) is 0 Å². The maximum atomic E-state index is 12.8. The molecule has 0 saturated carbocycles. The second-order valence-corrected chi connectivity index (χ2v) is 9.25. The number of hydrogen-bond donors (Lipinski definition) is 1. The number of hydrogen-bond acceptors (Lipinski definition) is 6. The summed E-state index contributed by atoms with van der Waals surface area (Å²) in [6.45, 7) is 5.35. The van der Waals surface area contributed by atoms with Gasteiger partial charge in [-0.05, 0) is 44.5 Å². The Bertz CT molecular complexity index is 1240. The van der Waals surface area contributed by atoms with Crippen LogP contribution in [0, 0.1) is 0 Å². The number of carbonyl (C=O) groups is 3. The highest BCUT2D eigenvalue weighted by atomic mass is 79.9. The smallest absolute Gasteiger partial charge is 0.419 e. The van der Waals surface area contributed by atoms with Gasteiger partial charge < -0.3 is 14.2 Å². The summed E-state index contributed by atoms with van der Waals surface area (Å²) in [6, 6.07) is 14.5. The molecular weight excluding hydrogens is 504 g/mol. The molecule has 34 heavy (non-hydrogen) atoms. The summed E-state index contributed by atoms with van der Waals surface area (Å²) in [5.41, 5.74) is 1.01. The highest BCUT2D eigenvalue weighted by molar-refractivity contribution is 9.10. The highest BCUT2D eigenvalue weighted by Gasteiger charge is 2.22. The van der Waals surface area contributed by atoms with Crippen molar-refractivity contribution in [3.05, 3.63) is 76.0 Å². The number of nitrogens with zero attached hydrogens (tertiary/aromatic N) is 1. The molecule has 1 aromatic heterocycles. The number of benzene rings is 2. The first kappa shape index (κ1) is 25.0. The van der Waals surface area contributed by atoms with Crippen LogP contribution in [-0.2, 0) is 25.6 Å². The average Bonchev–Trinajstić information content (AvgIpc) is 3.13. The Labute approximate surface area is 205 Å². The van der Waals surface area contributed by atoms with Gasteiger partial charge in [-0.3, -0.25) is 9.88 Å². The predicted octanol–water partition coefficient (Wildman–Crippen LogP) is 5.63. The summed E-state index contributed by atoms with van der Waals surface area (Å²) in [4.78, 5) is 37.5. The van der Waals surface area contributed by atoms with Gasteiger partial charge in [0.15, 0.2) is 0 Å². The molecule has 0 radical (unpaired) electrons. The van der Waals surface area contributed by atoms with Crippen LogP contribution in [0.15, 0.2) is 64.9 Å². The number of methoxy groups -OCH3 is 1. The van der Waals surface area contributed by atoms with Gasteiger partial charge in [-0.2, -0.15) is 0 Å². The molecule has 3 aromatic rings. The third kappa shape index (κ3) is 6.48. The zero-order valence-corrected chi connectivity index (χ0v) is 20.8. The summed E-state index contributed by atoms with van der Waals surface area (Å²) in [5.74, 6) is -0.771. The molecule has 0 saturated heterocycles. The summed E-state index contributed by atoms with van der Waals surface area (Å²) >= 11 is 3.41. The summed E-state index contributed by atoms with van der Waals surface area (Å²) in [5, 5.41) is 3.09. The van der Waals surface area contributed by atoms with Crippen molar-refractivity contribution < 1.29 is 28.6 Å². The van der Waals surface area contributed by atoms with Gasteiger partial charge in [-0.15, -0.1) is 0 Å². The second-order valence-electron chi connectivity index (χ2n) is 8.33. The van der Waals surface area contributed by atoms with E-state index >= 15 is 0 Å². The number of alkyl carbamates (subject to hydrolysis) is 1. The van der Waals surface area contributed by atoms with Crippen molar-refractivity contribution in [3.63, 3.8) is 0 Å². The number of nitrogens with one attached hydrogen (secondary N) is 1. The van der Waals surface area contributed by atoms with Crippen molar-refractivity contribution in [2.24, 2.45) is 0 Å². The van der Waals surface area contributed by atoms with Crippen molar-refractivity contribution >= 4 is 51.1 Å². The fourth-order valence-corrected chi connectivity index (χ4v) is 3.43. The molecule has 8 nitrogen and oxygen atoms in total. The maximum absolute atomic E-state index is 12.8. The fourth-order valence-electron chi connectivity index (χ4n) is 3.08. The topological polar surface area (TPSA) is 95.9 Å². The van der Waals surface area contributed by atoms with E-state index in [4.69, 9.17) is 14.2 Å². The van der Waals surface area contributed by atoms with Crippen molar-refractivity contribution in [2.75, 3.05) is 7.11 Å². The first-order valence-electron chi connectivity index (χ1n) is 10.4. The van der Waals surface area contributed by atoms with Crippen LogP contribution in [0.25, 0.3) is 17.0 Å². The van der Waals surface area contributed by atoms with E-state index in [2.05, 4.69) is 21.2 Å². The zero-order chi connectivity index (χ0) is 24.9. The molecule has 0 bridgehead atoms. The van der Waals surface area contributed by atoms with E-state index in [1.807, 2.05) is 30.3 Å². The van der Waals surface area contributed by atoms with Crippen LogP contribution in [0.5, 0.6) is 0 Å². The number of aromatic nitrogens is 1. The number of rotatable bonds is 5. The molecule has 1 N–H and O–H groups in total. The molecule has 0 aliphatic rings. The quantitative estimate of drug-likeness (QED) is 0.262. The van der Waals surface area contributed by atoms with Crippen LogP contribution in [-0.4, -0.2) is 35.4 Å². The predicted molar refractivity (Wildman–Crippen MR) is 131 cm³/mol. The normalized spacial score (nSPS) is 11.7. The van der Waals surface area contributed by atoms with E-state index in [1.165, 1.54) is 23.9 Å². The lowest BCUT2D eigenvalue weighted by Crippen LogP contribution is -2.28. The van der Waals surface area contributed by atoms with E-state index < -0.39 is 23.8 Å². The minimum Gasteiger partial charge on any atom is -0.464 e. The van der Waals surface area contributed by atoms with E-state index in [-0.39, 0.29) is 12.3 Å². The third-order valence-corrected chi connectivity index (χ3v) is 5.04. The van der Waals surface area contributed by atoms with Gasteiger partial charge in [0.05, 0.1) is 12.6 Å². The molecule has 1 heterocycles. The molecule has 0 aliphatic carbocycles. The lowest BCUT2D eigenvalue weighted by atomic mass is 10.1. The summed E-state index contributed by atoms with van der Waals surface area (Å²) in [6.07, 6.45) is 1.56. The first-order valence-corrected chi connectivity index (χ1v) is 11.2. The fraction of sp³-hybridized carbons (Fsp3) is 0.240. The van der Waals surface area contributed by atoms with E-state index in [0.717, 1.165) is 10.0 Å². The first-order chi connectivity index (χ1) is 16.1. The molecule has 0 unspecified atom stereocenters. The van der Waals surface area contributed by atoms with Crippen molar-refractivity contribution in [2.45, 2.75) is 33.0 Å². The third-order valence-electron chi connectivity index (χ3n) is 4.54. The standard InChI is InChI=1S/C25H25BrN2O6/c1-25(2,3)34-24(31)28-14-17(19-11-10-18(26)13-21(19)28)12-20(22(29)32-4)27-23(30)33-15-16-8-6-5-7-9-16/h5-14H,15H2,1-4H3,(H,27,30)/b20-12+. The van der Waals surface area contributed by atoms with Crippen molar-refractivity contribution in [3.8, 4) is 0 Å². The second kappa shape index (κ2) is 10.6. The Morgan fingerprint density at radius 1 is 1.09 bits per heavy atom. The largest absolute Gasteiger partial charge is 0.464 e. The number of amides is 1. The van der Waals surface area contributed by atoms with Gasteiger partial charge in [-0.25, -0.2) is 14.4 Å². The van der Waals surface area contributed by atoms with Gasteiger partial charge in [0.2, 0.25) is 0 Å². The van der Waals surface area contributed by atoms with Crippen molar-refractivity contribution in [1.82, 2.24) is 9.88 Å². The Hall–Kier alpha value is -3.59. The highest BCUT2D eigenvalue weighted by Crippen LogP contribution is 2.27. The molecule has 0 spiro atoms. The lowest BCUT2D eigenvalue weighted by molar-refractivity contribution is -0.136. The number of carbonyl (C=O) groups excluding carboxylic acids is 3. The van der Waals surface area contributed by atoms with Gasteiger partial charge in [0.25, 0.3) is 0 Å². The van der Waals surface area contributed by atoms with Crippen LogP contribution < -0.4 is 5.32 Å². The lowest BCUT2D eigenvalue weighted by Gasteiger charge is -2.19. The van der Waals surface area contributed by atoms with Gasteiger partial charge >= 0.3 is 18.2 Å². The number of esters is 1. The molecule has 178 valence electrons. The number of ether oxygens (including phenoxy) is 3.